The predicted molar refractivity (Wildman–Crippen MR) is 150 cm³/mol. The lowest BCUT2D eigenvalue weighted by Crippen LogP contribution is -2.32. The van der Waals surface area contributed by atoms with Crippen LogP contribution in [0, 0.1) is 0 Å². The van der Waals surface area contributed by atoms with Gasteiger partial charge in [-0.05, 0) is 31.5 Å². The lowest BCUT2D eigenvalue weighted by Gasteiger charge is -2.24. The van der Waals surface area contributed by atoms with E-state index in [1.807, 2.05) is 25.3 Å². The minimum absolute atomic E-state index is 0.0985. The maximum atomic E-state index is 12.0. The van der Waals surface area contributed by atoms with E-state index in [-0.39, 0.29) is 17.5 Å². The number of fused-ring (bicyclic) bond motifs is 1. The van der Waals surface area contributed by atoms with Crippen LogP contribution in [0.2, 0.25) is 0 Å². The Morgan fingerprint density at radius 1 is 1.15 bits per heavy atom. The molecule has 0 aromatic carbocycles. The van der Waals surface area contributed by atoms with Crippen LogP contribution in [0.5, 0.6) is 0 Å². The van der Waals surface area contributed by atoms with Crippen LogP contribution in [0.3, 0.4) is 0 Å². The van der Waals surface area contributed by atoms with Gasteiger partial charge >= 0.3 is 0 Å². The maximum Gasteiger partial charge on any atom is 0.226 e. The van der Waals surface area contributed by atoms with Crippen LogP contribution in [0.1, 0.15) is 43.6 Å². The van der Waals surface area contributed by atoms with E-state index >= 15 is 0 Å². The number of aliphatic hydroxyl groups excluding tert-OH is 2. The van der Waals surface area contributed by atoms with E-state index in [1.54, 1.807) is 10.6 Å². The molecule has 41 heavy (non-hydrogen) atoms. The number of nitrogens with one attached hydrogen (secondary N) is 2. The average Bonchev–Trinajstić information content (AvgIpc) is 3.69. The Morgan fingerprint density at radius 2 is 1.98 bits per heavy atom. The predicted octanol–water partition coefficient (Wildman–Crippen LogP) is 1.16. The van der Waals surface area contributed by atoms with Crippen molar-refractivity contribution in [3.05, 3.63) is 48.3 Å². The molecule has 0 bridgehead atoms. The van der Waals surface area contributed by atoms with Gasteiger partial charge in [0.1, 0.15) is 28.1 Å². The van der Waals surface area contributed by atoms with Crippen molar-refractivity contribution in [3.63, 3.8) is 0 Å². The standard InChI is InChI=1S/C26H34N8O6S/c1-2-16-14-18(40-32-16)22-20(35)21(36)25(39-22)34-15-28-19-23(29-17-6-12-41(37,38)13-7-17)30-26(31-24(19)34)27-8-11-33-9-4-3-5-10-33/h3-5,9,14-15,17,20-22,25,35-36H,2,6-8,10-13H2,1H3,(H2,27,29,30,31)/t20-,21+,22+,25+/m0/s1. The Bertz CT molecular complexity index is 1540. The fourth-order valence-corrected chi connectivity index (χ4v) is 6.74. The molecule has 15 heteroatoms. The number of aliphatic hydroxyl groups is 2. The van der Waals surface area contributed by atoms with Crippen molar-refractivity contribution in [2.75, 3.05) is 41.8 Å². The highest BCUT2D eigenvalue weighted by molar-refractivity contribution is 7.91. The van der Waals surface area contributed by atoms with Gasteiger partial charge in [-0.2, -0.15) is 9.97 Å². The van der Waals surface area contributed by atoms with Crippen molar-refractivity contribution < 1.29 is 27.9 Å². The van der Waals surface area contributed by atoms with E-state index < -0.39 is 34.4 Å². The van der Waals surface area contributed by atoms with Crippen molar-refractivity contribution in [1.29, 1.82) is 0 Å². The molecule has 6 rings (SSSR count). The van der Waals surface area contributed by atoms with Crippen molar-refractivity contribution >= 4 is 32.8 Å². The molecule has 3 aromatic heterocycles. The van der Waals surface area contributed by atoms with Gasteiger partial charge in [0.2, 0.25) is 5.95 Å². The molecule has 2 saturated heterocycles. The van der Waals surface area contributed by atoms with Crippen LogP contribution in [-0.4, -0.2) is 97.6 Å². The summed E-state index contributed by atoms with van der Waals surface area (Å²) < 4.78 is 37.0. The van der Waals surface area contributed by atoms with Crippen molar-refractivity contribution in [2.45, 2.75) is 56.8 Å². The second kappa shape index (κ2) is 11.4. The number of aryl methyl sites for hydroxylation is 1. The third-order valence-electron chi connectivity index (χ3n) is 7.62. The maximum absolute atomic E-state index is 12.0. The molecule has 0 saturated carbocycles. The minimum Gasteiger partial charge on any atom is -0.387 e. The number of imidazole rings is 1. The topological polar surface area (TPSA) is 181 Å². The van der Waals surface area contributed by atoms with Gasteiger partial charge < -0.3 is 35.0 Å². The lowest BCUT2D eigenvalue weighted by molar-refractivity contribution is -0.0434. The summed E-state index contributed by atoms with van der Waals surface area (Å²) in [6, 6.07) is 1.61. The van der Waals surface area contributed by atoms with Crippen molar-refractivity contribution in [1.82, 2.24) is 29.6 Å². The van der Waals surface area contributed by atoms with E-state index in [4.69, 9.17) is 14.2 Å². The zero-order chi connectivity index (χ0) is 28.6. The van der Waals surface area contributed by atoms with Gasteiger partial charge in [-0.1, -0.05) is 24.2 Å². The van der Waals surface area contributed by atoms with Gasteiger partial charge in [0.25, 0.3) is 0 Å². The number of sulfone groups is 1. The molecule has 6 heterocycles. The van der Waals surface area contributed by atoms with Crippen LogP contribution in [-0.2, 0) is 21.0 Å². The Kier molecular flexibility index (Phi) is 7.68. The first kappa shape index (κ1) is 27.6. The highest BCUT2D eigenvalue weighted by Crippen LogP contribution is 2.40. The number of allylic oxidation sites excluding steroid dienone is 2. The molecular formula is C26H34N8O6S. The molecule has 0 spiro atoms. The molecule has 0 radical (unpaired) electrons. The number of nitrogens with zero attached hydrogens (tertiary/aromatic N) is 6. The summed E-state index contributed by atoms with van der Waals surface area (Å²) in [5.74, 6) is 1.34. The first-order chi connectivity index (χ1) is 19.8. The highest BCUT2D eigenvalue weighted by Gasteiger charge is 2.47. The van der Waals surface area contributed by atoms with Crippen LogP contribution in [0.25, 0.3) is 11.2 Å². The molecule has 3 aliphatic rings. The summed E-state index contributed by atoms with van der Waals surface area (Å²) in [6.45, 7) is 4.04. The summed E-state index contributed by atoms with van der Waals surface area (Å²) in [4.78, 5) is 16.0. The van der Waals surface area contributed by atoms with Gasteiger partial charge in [0.05, 0.1) is 23.5 Å². The van der Waals surface area contributed by atoms with Crippen LogP contribution >= 0.6 is 0 Å². The molecule has 220 valence electrons. The van der Waals surface area contributed by atoms with Gasteiger partial charge in [-0.25, -0.2) is 13.4 Å². The third-order valence-corrected chi connectivity index (χ3v) is 9.33. The summed E-state index contributed by atoms with van der Waals surface area (Å²) in [6.07, 6.45) is 6.66. The number of hydrogen-bond donors (Lipinski definition) is 4. The van der Waals surface area contributed by atoms with Crippen molar-refractivity contribution in [3.8, 4) is 0 Å². The molecular weight excluding hydrogens is 552 g/mol. The number of ether oxygens (including phenoxy) is 1. The number of aromatic nitrogens is 5. The van der Waals surface area contributed by atoms with Crippen LogP contribution in [0.4, 0.5) is 11.8 Å². The zero-order valence-electron chi connectivity index (χ0n) is 22.6. The quantitative estimate of drug-likeness (QED) is 0.281. The molecule has 4 N–H and O–H groups in total. The molecule has 2 fully saturated rings. The summed E-state index contributed by atoms with van der Waals surface area (Å²) >= 11 is 0. The minimum atomic E-state index is -3.03. The molecule has 0 aliphatic carbocycles. The summed E-state index contributed by atoms with van der Waals surface area (Å²) in [5.41, 5.74) is 1.54. The van der Waals surface area contributed by atoms with Gasteiger partial charge in [-0.3, -0.25) is 4.57 Å². The second-order valence-electron chi connectivity index (χ2n) is 10.5. The largest absolute Gasteiger partial charge is 0.387 e. The van der Waals surface area contributed by atoms with E-state index in [1.165, 1.54) is 6.33 Å². The average molecular weight is 587 g/mol. The number of rotatable bonds is 9. The summed E-state index contributed by atoms with van der Waals surface area (Å²) in [7, 11) is -3.03. The normalized spacial score (nSPS) is 26.2. The van der Waals surface area contributed by atoms with E-state index in [0.29, 0.717) is 60.2 Å². The Hall–Kier alpha value is -3.53. The zero-order valence-corrected chi connectivity index (χ0v) is 23.4. The van der Waals surface area contributed by atoms with Gasteiger partial charge in [0.15, 0.2) is 29.0 Å². The third kappa shape index (κ3) is 5.80. The van der Waals surface area contributed by atoms with Crippen LogP contribution < -0.4 is 10.6 Å². The molecule has 4 atom stereocenters. The van der Waals surface area contributed by atoms with Gasteiger partial charge in [-0.15, -0.1) is 0 Å². The smallest absolute Gasteiger partial charge is 0.226 e. The Labute approximate surface area is 237 Å². The van der Waals surface area contributed by atoms with Crippen LogP contribution in [0.15, 0.2) is 41.3 Å². The number of anilines is 2. The number of hydrogen-bond acceptors (Lipinski definition) is 13. The molecule has 0 amide bonds. The fraction of sp³-hybridized carbons (Fsp3) is 0.538. The first-order valence-electron chi connectivity index (χ1n) is 13.8. The monoisotopic (exact) mass is 586 g/mol. The molecule has 3 aliphatic heterocycles. The van der Waals surface area contributed by atoms with E-state index in [9.17, 15) is 18.6 Å². The van der Waals surface area contributed by atoms with Crippen molar-refractivity contribution in [2.24, 2.45) is 0 Å². The van der Waals surface area contributed by atoms with E-state index in [0.717, 1.165) is 13.1 Å². The molecule has 0 unspecified atom stereocenters. The van der Waals surface area contributed by atoms with E-state index in [2.05, 4.69) is 36.7 Å². The SMILES string of the molecule is CCc1cc([C@H]2O[C@@H](n3cnc4c(NC5CCS(=O)(=O)CC5)nc(NCCN5C=CC=CC5)nc43)[C@H](O)[C@@H]2O)on1. The summed E-state index contributed by atoms with van der Waals surface area (Å²) in [5, 5.41) is 32.4. The molecule has 14 nitrogen and oxygen atoms in total. The lowest BCUT2D eigenvalue weighted by atomic mass is 10.1. The highest BCUT2D eigenvalue weighted by atomic mass is 32.2. The Morgan fingerprint density at radius 3 is 2.71 bits per heavy atom. The Balaban J connectivity index is 1.28. The second-order valence-corrected chi connectivity index (χ2v) is 12.8. The van der Waals surface area contributed by atoms with Gasteiger partial charge in [0, 0.05) is 31.7 Å². The molecule has 3 aromatic rings. The fourth-order valence-electron chi connectivity index (χ4n) is 5.25. The first-order valence-corrected chi connectivity index (χ1v) is 15.6.